The van der Waals surface area contributed by atoms with E-state index in [1.165, 1.54) is 38.9 Å². The highest BCUT2D eigenvalue weighted by Crippen LogP contribution is 2.30. The third-order valence-corrected chi connectivity index (χ3v) is 4.66. The van der Waals surface area contributed by atoms with E-state index in [4.69, 9.17) is 5.73 Å². The zero-order chi connectivity index (χ0) is 13.2. The molecule has 3 rings (SSSR count). The van der Waals surface area contributed by atoms with Gasteiger partial charge in [0.25, 0.3) is 0 Å². The molecule has 2 aliphatic rings. The van der Waals surface area contributed by atoms with E-state index < -0.39 is 0 Å². The van der Waals surface area contributed by atoms with Gasteiger partial charge in [-0.2, -0.15) is 0 Å². The van der Waals surface area contributed by atoms with Crippen LogP contribution in [0.2, 0.25) is 0 Å². The highest BCUT2D eigenvalue weighted by atomic mass is 15.2. The van der Waals surface area contributed by atoms with Gasteiger partial charge in [0.05, 0.1) is 5.69 Å². The number of hydrogen-bond donors (Lipinski definition) is 1. The molecule has 0 aliphatic carbocycles. The van der Waals surface area contributed by atoms with Crippen molar-refractivity contribution in [3.05, 3.63) is 24.0 Å². The van der Waals surface area contributed by atoms with Crippen LogP contribution in [0.15, 0.2) is 18.3 Å². The second-order valence-corrected chi connectivity index (χ2v) is 6.05. The van der Waals surface area contributed by atoms with Crippen LogP contribution in [0, 0.1) is 5.92 Å². The van der Waals surface area contributed by atoms with Crippen molar-refractivity contribution in [3.8, 4) is 0 Å². The summed E-state index contributed by atoms with van der Waals surface area (Å²) in [5.74, 6) is 0.841. The minimum atomic E-state index is 0.804. The molecule has 4 nitrogen and oxygen atoms in total. The molecule has 2 N–H and O–H groups in total. The van der Waals surface area contributed by atoms with Gasteiger partial charge in [0.2, 0.25) is 0 Å². The Balaban J connectivity index is 1.62. The van der Waals surface area contributed by atoms with E-state index in [9.17, 15) is 0 Å². The quantitative estimate of drug-likeness (QED) is 0.877. The monoisotopic (exact) mass is 260 g/mol. The molecule has 1 aromatic heterocycles. The zero-order valence-electron chi connectivity index (χ0n) is 11.8. The zero-order valence-corrected chi connectivity index (χ0v) is 11.8. The molecule has 0 radical (unpaired) electrons. The smallest absolute Gasteiger partial charge is 0.0564 e. The topological polar surface area (TPSA) is 45.4 Å². The first kappa shape index (κ1) is 12.9. The van der Waals surface area contributed by atoms with Gasteiger partial charge in [-0.05, 0) is 50.9 Å². The second kappa shape index (κ2) is 5.47. The van der Waals surface area contributed by atoms with Crippen LogP contribution in [0.3, 0.4) is 0 Å². The Morgan fingerprint density at radius 2 is 2.26 bits per heavy atom. The summed E-state index contributed by atoms with van der Waals surface area (Å²) in [5, 5.41) is 0. The van der Waals surface area contributed by atoms with Crippen molar-refractivity contribution >= 4 is 5.69 Å². The molecule has 1 aromatic rings. The van der Waals surface area contributed by atoms with E-state index in [0.29, 0.717) is 0 Å². The van der Waals surface area contributed by atoms with Crippen LogP contribution in [-0.4, -0.2) is 47.5 Å². The van der Waals surface area contributed by atoms with E-state index in [2.05, 4.69) is 21.8 Å². The molecule has 0 aromatic carbocycles. The van der Waals surface area contributed by atoms with Gasteiger partial charge in [-0.1, -0.05) is 0 Å². The highest BCUT2D eigenvalue weighted by Gasteiger charge is 2.34. The van der Waals surface area contributed by atoms with Gasteiger partial charge in [-0.15, -0.1) is 0 Å². The molecule has 104 valence electrons. The van der Waals surface area contributed by atoms with Gasteiger partial charge in [-0.25, -0.2) is 0 Å². The fourth-order valence-corrected chi connectivity index (χ4v) is 3.68. The summed E-state index contributed by atoms with van der Waals surface area (Å²) in [5.41, 5.74) is 7.74. The summed E-state index contributed by atoms with van der Waals surface area (Å²) in [4.78, 5) is 9.52. The standard InChI is InChI=1S/C15H24N4/c1-18-7-2-3-12-10-19(8-5-15(12)18)11-14-9-13(16)4-6-17-14/h4,6,9,12,15H,2-3,5,7-8,10-11H2,1H3,(H2,16,17). The van der Waals surface area contributed by atoms with Crippen LogP contribution in [0.5, 0.6) is 0 Å². The number of anilines is 1. The molecular formula is C15H24N4. The maximum atomic E-state index is 5.82. The molecule has 3 heterocycles. The minimum absolute atomic E-state index is 0.804. The van der Waals surface area contributed by atoms with Crippen molar-refractivity contribution in [1.82, 2.24) is 14.8 Å². The lowest BCUT2D eigenvalue weighted by atomic mass is 9.84. The Hall–Kier alpha value is -1.13. The molecule has 2 atom stereocenters. The van der Waals surface area contributed by atoms with Crippen molar-refractivity contribution in [1.29, 1.82) is 0 Å². The molecule has 0 amide bonds. The molecule has 0 bridgehead atoms. The van der Waals surface area contributed by atoms with Gasteiger partial charge in [0.15, 0.2) is 0 Å². The third-order valence-electron chi connectivity index (χ3n) is 4.66. The van der Waals surface area contributed by atoms with Crippen molar-refractivity contribution in [3.63, 3.8) is 0 Å². The normalized spacial score (nSPS) is 29.1. The molecule has 2 saturated heterocycles. The Bertz CT molecular complexity index is 434. The predicted octanol–water partition coefficient (Wildman–Crippen LogP) is 1.58. The molecule has 2 unspecified atom stereocenters. The Morgan fingerprint density at radius 3 is 3.11 bits per heavy atom. The number of fused-ring (bicyclic) bond motifs is 1. The number of nitrogen functional groups attached to an aromatic ring is 1. The van der Waals surface area contributed by atoms with Crippen molar-refractivity contribution in [2.75, 3.05) is 32.4 Å². The first-order valence-corrected chi connectivity index (χ1v) is 7.35. The molecule has 4 heteroatoms. The van der Waals surface area contributed by atoms with E-state index in [1.54, 1.807) is 0 Å². The van der Waals surface area contributed by atoms with Gasteiger partial charge in [0.1, 0.15) is 0 Å². The summed E-state index contributed by atoms with van der Waals surface area (Å²) in [7, 11) is 2.28. The van der Waals surface area contributed by atoms with Crippen molar-refractivity contribution in [2.24, 2.45) is 5.92 Å². The van der Waals surface area contributed by atoms with Gasteiger partial charge in [-0.3, -0.25) is 9.88 Å². The maximum Gasteiger partial charge on any atom is 0.0564 e. The van der Waals surface area contributed by atoms with Gasteiger partial charge >= 0.3 is 0 Å². The van der Waals surface area contributed by atoms with Crippen molar-refractivity contribution in [2.45, 2.75) is 31.8 Å². The number of likely N-dealkylation sites (tertiary alicyclic amines) is 2. The number of nitrogens with zero attached hydrogens (tertiary/aromatic N) is 3. The first-order chi connectivity index (χ1) is 9.22. The van der Waals surface area contributed by atoms with Crippen LogP contribution in [0.1, 0.15) is 25.0 Å². The molecule has 19 heavy (non-hydrogen) atoms. The predicted molar refractivity (Wildman–Crippen MR) is 77.7 cm³/mol. The lowest BCUT2D eigenvalue weighted by Crippen LogP contribution is -2.52. The fraction of sp³-hybridized carbons (Fsp3) is 0.667. The van der Waals surface area contributed by atoms with Crippen LogP contribution in [0.4, 0.5) is 5.69 Å². The van der Waals surface area contributed by atoms with Gasteiger partial charge in [0, 0.05) is 37.6 Å². The third kappa shape index (κ3) is 2.90. The SMILES string of the molecule is CN1CCCC2CN(Cc3cc(N)ccn3)CCC21. The lowest BCUT2D eigenvalue weighted by Gasteiger charge is -2.46. The molecule has 2 fully saturated rings. The average Bonchev–Trinajstić information content (AvgIpc) is 2.39. The Labute approximate surface area is 115 Å². The summed E-state index contributed by atoms with van der Waals surface area (Å²) >= 11 is 0. The molecule has 2 aliphatic heterocycles. The first-order valence-electron chi connectivity index (χ1n) is 7.35. The molecular weight excluding hydrogens is 236 g/mol. The Morgan fingerprint density at radius 1 is 1.37 bits per heavy atom. The number of hydrogen-bond acceptors (Lipinski definition) is 4. The van der Waals surface area contributed by atoms with E-state index >= 15 is 0 Å². The van der Waals surface area contributed by atoms with Crippen LogP contribution in [-0.2, 0) is 6.54 Å². The van der Waals surface area contributed by atoms with Gasteiger partial charge < -0.3 is 10.6 Å². The largest absolute Gasteiger partial charge is 0.399 e. The number of nitrogens with two attached hydrogens (primary N) is 1. The van der Waals surface area contributed by atoms with Crippen LogP contribution < -0.4 is 5.73 Å². The van der Waals surface area contributed by atoms with Crippen LogP contribution >= 0.6 is 0 Å². The summed E-state index contributed by atoms with van der Waals surface area (Å²) < 4.78 is 0. The number of rotatable bonds is 2. The molecule has 0 spiro atoms. The number of piperidine rings is 2. The van der Waals surface area contributed by atoms with E-state index in [0.717, 1.165) is 29.9 Å². The molecule has 0 saturated carbocycles. The highest BCUT2D eigenvalue weighted by molar-refractivity contribution is 5.37. The summed E-state index contributed by atoms with van der Waals surface area (Å²) in [6.07, 6.45) is 5.84. The van der Waals surface area contributed by atoms with E-state index in [-0.39, 0.29) is 0 Å². The maximum absolute atomic E-state index is 5.82. The fourth-order valence-electron chi connectivity index (χ4n) is 3.68. The van der Waals surface area contributed by atoms with Crippen molar-refractivity contribution < 1.29 is 0 Å². The summed E-state index contributed by atoms with van der Waals surface area (Å²) in [6, 6.07) is 4.66. The minimum Gasteiger partial charge on any atom is -0.399 e. The second-order valence-electron chi connectivity index (χ2n) is 6.05. The number of pyridine rings is 1. The van der Waals surface area contributed by atoms with Crippen LogP contribution in [0.25, 0.3) is 0 Å². The lowest BCUT2D eigenvalue weighted by molar-refractivity contribution is 0.0350. The average molecular weight is 260 g/mol. The van der Waals surface area contributed by atoms with E-state index in [1.807, 2.05) is 18.3 Å². The summed E-state index contributed by atoms with van der Waals surface area (Å²) in [6.45, 7) is 4.61. The number of aromatic nitrogens is 1. The Kier molecular flexibility index (Phi) is 3.71.